The molecular weight excluding hydrogens is 333 g/mol. The molecule has 1 aliphatic heterocycles. The second-order valence-corrected chi connectivity index (χ2v) is 6.16. The number of furan rings is 1. The van der Waals surface area contributed by atoms with E-state index in [1.54, 1.807) is 7.05 Å². The van der Waals surface area contributed by atoms with E-state index in [4.69, 9.17) is 4.42 Å². The van der Waals surface area contributed by atoms with Crippen molar-refractivity contribution in [1.82, 2.24) is 15.5 Å². The first-order valence-corrected chi connectivity index (χ1v) is 8.17. The Balaban J connectivity index is 1.50. The molecule has 1 saturated heterocycles. The van der Waals surface area contributed by atoms with Gasteiger partial charge in [-0.25, -0.2) is 0 Å². The monoisotopic (exact) mass is 354 g/mol. The quantitative estimate of drug-likeness (QED) is 0.655. The van der Waals surface area contributed by atoms with Gasteiger partial charge in [0.15, 0.2) is 5.96 Å². The van der Waals surface area contributed by atoms with Crippen LogP contribution in [0.2, 0.25) is 0 Å². The minimum atomic E-state index is -4.16. The summed E-state index contributed by atoms with van der Waals surface area (Å²) in [5, 5.41) is 7.34. The summed E-state index contributed by atoms with van der Waals surface area (Å²) < 4.78 is 43.1. The molecule has 136 valence electrons. The van der Waals surface area contributed by atoms with Gasteiger partial charge in [0, 0.05) is 31.6 Å². The number of hydrogen-bond acceptors (Lipinski definition) is 3. The fourth-order valence-electron chi connectivity index (χ4n) is 3.03. The summed E-state index contributed by atoms with van der Waals surface area (Å²) in [6, 6.07) is 9.64. The number of aliphatic imine (C=N–C) groups is 1. The van der Waals surface area contributed by atoms with Crippen LogP contribution in [0.3, 0.4) is 0 Å². The van der Waals surface area contributed by atoms with Crippen LogP contribution in [0.5, 0.6) is 0 Å². The van der Waals surface area contributed by atoms with Crippen LogP contribution in [0.15, 0.2) is 39.7 Å². The summed E-state index contributed by atoms with van der Waals surface area (Å²) >= 11 is 0. The number of benzene rings is 1. The summed E-state index contributed by atoms with van der Waals surface area (Å²) in [5.41, 5.74) is 0.820. The van der Waals surface area contributed by atoms with Gasteiger partial charge >= 0.3 is 6.18 Å². The predicted molar refractivity (Wildman–Crippen MR) is 90.4 cm³/mol. The van der Waals surface area contributed by atoms with Gasteiger partial charge in [0.25, 0.3) is 0 Å². The zero-order valence-corrected chi connectivity index (χ0v) is 13.9. The molecule has 1 aromatic carbocycles. The van der Waals surface area contributed by atoms with Gasteiger partial charge in [0.2, 0.25) is 0 Å². The average Bonchev–Trinajstić information content (AvgIpc) is 3.15. The zero-order chi connectivity index (χ0) is 17.9. The molecule has 8 heteroatoms. The Hall–Kier alpha value is -2.22. The number of para-hydroxylation sites is 1. The van der Waals surface area contributed by atoms with E-state index in [2.05, 4.69) is 15.6 Å². The molecule has 3 rings (SSSR count). The predicted octanol–water partition coefficient (Wildman–Crippen LogP) is 2.73. The van der Waals surface area contributed by atoms with Gasteiger partial charge in [-0.05, 0) is 18.6 Å². The van der Waals surface area contributed by atoms with Gasteiger partial charge in [-0.2, -0.15) is 13.2 Å². The van der Waals surface area contributed by atoms with E-state index in [0.29, 0.717) is 32.0 Å². The molecular formula is C17H21F3N4O. The van der Waals surface area contributed by atoms with E-state index in [1.165, 1.54) is 4.90 Å². The van der Waals surface area contributed by atoms with Crippen LogP contribution >= 0.6 is 0 Å². The third kappa shape index (κ3) is 4.88. The number of alkyl halides is 3. The number of hydrogen-bond donors (Lipinski definition) is 2. The normalized spacial score (nSPS) is 19.5. The number of nitrogens with one attached hydrogen (secondary N) is 2. The van der Waals surface area contributed by atoms with E-state index < -0.39 is 12.7 Å². The van der Waals surface area contributed by atoms with E-state index in [-0.39, 0.29) is 6.04 Å². The standard InChI is InChI=1S/C17H21F3N4O/c1-21-16(23-13-6-7-24(10-13)11-17(18,19)20)22-9-14-8-12-4-2-3-5-15(12)25-14/h2-5,8,13H,6-7,9-11H2,1H3,(H2,21,22,23). The lowest BCUT2D eigenvalue weighted by Crippen LogP contribution is -2.44. The SMILES string of the molecule is CN=C(NCc1cc2ccccc2o1)NC1CCN(CC(F)(F)F)C1. The molecule has 1 unspecified atom stereocenters. The van der Waals surface area contributed by atoms with E-state index >= 15 is 0 Å². The maximum Gasteiger partial charge on any atom is 0.401 e. The third-order valence-corrected chi connectivity index (χ3v) is 4.15. The molecule has 2 aromatic rings. The van der Waals surface area contributed by atoms with Crippen molar-refractivity contribution in [2.75, 3.05) is 26.7 Å². The minimum absolute atomic E-state index is 0.0516. The van der Waals surface area contributed by atoms with Crippen LogP contribution in [0.4, 0.5) is 13.2 Å². The highest BCUT2D eigenvalue weighted by atomic mass is 19.4. The second-order valence-electron chi connectivity index (χ2n) is 6.16. The Morgan fingerprint density at radius 1 is 1.36 bits per heavy atom. The lowest BCUT2D eigenvalue weighted by atomic mass is 10.2. The van der Waals surface area contributed by atoms with Crippen LogP contribution in [0.1, 0.15) is 12.2 Å². The molecule has 1 aromatic heterocycles. The fraction of sp³-hybridized carbons (Fsp3) is 0.471. The number of nitrogens with zero attached hydrogens (tertiary/aromatic N) is 2. The summed E-state index contributed by atoms with van der Waals surface area (Å²) in [6.45, 7) is 0.367. The highest BCUT2D eigenvalue weighted by Crippen LogP contribution is 2.20. The highest BCUT2D eigenvalue weighted by molar-refractivity contribution is 5.80. The van der Waals surface area contributed by atoms with Crippen LogP contribution in [0.25, 0.3) is 11.0 Å². The van der Waals surface area contributed by atoms with E-state index in [0.717, 1.165) is 16.7 Å². The first-order chi connectivity index (χ1) is 11.9. The molecule has 0 amide bonds. The summed E-state index contributed by atoms with van der Waals surface area (Å²) in [5.74, 6) is 1.33. The zero-order valence-electron chi connectivity index (χ0n) is 13.9. The van der Waals surface area contributed by atoms with E-state index in [1.807, 2.05) is 30.3 Å². The van der Waals surface area contributed by atoms with Gasteiger partial charge in [-0.3, -0.25) is 9.89 Å². The number of likely N-dealkylation sites (tertiary alicyclic amines) is 1. The molecule has 2 N–H and O–H groups in total. The van der Waals surface area contributed by atoms with Crippen molar-refractivity contribution in [3.8, 4) is 0 Å². The Morgan fingerprint density at radius 2 is 2.16 bits per heavy atom. The first kappa shape index (κ1) is 17.6. The Kier molecular flexibility index (Phi) is 5.17. The number of fused-ring (bicyclic) bond motifs is 1. The van der Waals surface area contributed by atoms with Crippen LogP contribution in [-0.4, -0.2) is 49.8 Å². The minimum Gasteiger partial charge on any atom is -0.459 e. The topological polar surface area (TPSA) is 52.8 Å². The van der Waals surface area contributed by atoms with E-state index in [9.17, 15) is 13.2 Å². The molecule has 0 spiro atoms. The summed E-state index contributed by atoms with van der Waals surface area (Å²) in [7, 11) is 1.64. The molecule has 2 heterocycles. The van der Waals surface area contributed by atoms with Crippen LogP contribution < -0.4 is 10.6 Å². The highest BCUT2D eigenvalue weighted by Gasteiger charge is 2.34. The lowest BCUT2D eigenvalue weighted by Gasteiger charge is -2.19. The number of guanidine groups is 1. The van der Waals surface area contributed by atoms with Crippen molar-refractivity contribution in [2.45, 2.75) is 25.2 Å². The molecule has 5 nitrogen and oxygen atoms in total. The van der Waals surface area contributed by atoms with Crippen molar-refractivity contribution in [2.24, 2.45) is 4.99 Å². The fourth-order valence-corrected chi connectivity index (χ4v) is 3.03. The van der Waals surface area contributed by atoms with Crippen LogP contribution in [-0.2, 0) is 6.54 Å². The summed E-state index contributed by atoms with van der Waals surface area (Å²) in [6.07, 6.45) is -3.50. The van der Waals surface area contributed by atoms with Gasteiger partial charge in [0.05, 0.1) is 13.1 Å². The van der Waals surface area contributed by atoms with Gasteiger partial charge in [-0.15, -0.1) is 0 Å². The molecule has 0 bridgehead atoms. The van der Waals surface area contributed by atoms with Gasteiger partial charge < -0.3 is 15.1 Å². The van der Waals surface area contributed by atoms with Crippen molar-refractivity contribution in [1.29, 1.82) is 0 Å². The first-order valence-electron chi connectivity index (χ1n) is 8.17. The molecule has 1 atom stereocenters. The van der Waals surface area contributed by atoms with Crippen molar-refractivity contribution >= 4 is 16.9 Å². The largest absolute Gasteiger partial charge is 0.459 e. The molecule has 1 fully saturated rings. The van der Waals surface area contributed by atoms with Crippen LogP contribution in [0, 0.1) is 0 Å². The molecule has 0 aliphatic carbocycles. The lowest BCUT2D eigenvalue weighted by molar-refractivity contribution is -0.143. The Bertz CT molecular complexity index is 708. The maximum absolute atomic E-state index is 12.5. The molecule has 0 radical (unpaired) electrons. The second kappa shape index (κ2) is 7.35. The Morgan fingerprint density at radius 3 is 2.88 bits per heavy atom. The molecule has 0 saturated carbocycles. The van der Waals surface area contributed by atoms with Gasteiger partial charge in [-0.1, -0.05) is 18.2 Å². The van der Waals surface area contributed by atoms with Gasteiger partial charge in [0.1, 0.15) is 11.3 Å². The van der Waals surface area contributed by atoms with Crippen molar-refractivity contribution < 1.29 is 17.6 Å². The summed E-state index contributed by atoms with van der Waals surface area (Å²) in [4.78, 5) is 5.54. The average molecular weight is 354 g/mol. The Labute approximate surface area is 143 Å². The molecule has 1 aliphatic rings. The third-order valence-electron chi connectivity index (χ3n) is 4.15. The van der Waals surface area contributed by atoms with Crippen molar-refractivity contribution in [3.63, 3.8) is 0 Å². The maximum atomic E-state index is 12.5. The number of halogens is 3. The smallest absolute Gasteiger partial charge is 0.401 e. The number of rotatable bonds is 4. The molecule has 25 heavy (non-hydrogen) atoms. The van der Waals surface area contributed by atoms with Crippen molar-refractivity contribution in [3.05, 3.63) is 36.1 Å².